The van der Waals surface area contributed by atoms with Crippen molar-refractivity contribution in [3.8, 4) is 0 Å². The van der Waals surface area contributed by atoms with Crippen molar-refractivity contribution in [1.29, 1.82) is 0 Å². The fourth-order valence-electron chi connectivity index (χ4n) is 6.00. The molecule has 3 aliphatic carbocycles. The van der Waals surface area contributed by atoms with Gasteiger partial charge in [0.15, 0.2) is 5.65 Å². The van der Waals surface area contributed by atoms with Crippen LogP contribution in [0.1, 0.15) is 72.6 Å². The van der Waals surface area contributed by atoms with Crippen LogP contribution in [0.2, 0.25) is 0 Å². The van der Waals surface area contributed by atoms with Crippen LogP contribution in [0.15, 0.2) is 23.1 Å². The second-order valence-electron chi connectivity index (χ2n) is 10.4. The number of hydrogen-bond donors (Lipinski definition) is 1. The summed E-state index contributed by atoms with van der Waals surface area (Å²) < 4.78 is 47.7. The van der Waals surface area contributed by atoms with Crippen molar-refractivity contribution >= 4 is 11.2 Å². The number of halogens is 3. The van der Waals surface area contributed by atoms with Gasteiger partial charge in [-0.2, -0.15) is 13.2 Å². The molecular formula is C24H25F3N6O2. The third kappa shape index (κ3) is 3.27. The molecule has 4 heterocycles. The molecule has 2 N–H and O–H groups in total. The number of ether oxygens (including phenoxy) is 1. The Morgan fingerprint density at radius 3 is 2.49 bits per heavy atom. The van der Waals surface area contributed by atoms with Gasteiger partial charge in [-0.05, 0) is 57.6 Å². The van der Waals surface area contributed by atoms with E-state index in [1.807, 2.05) is 13.8 Å². The van der Waals surface area contributed by atoms with E-state index >= 15 is 0 Å². The Morgan fingerprint density at radius 1 is 1.09 bits per heavy atom. The summed E-state index contributed by atoms with van der Waals surface area (Å²) >= 11 is 0. The maximum atomic E-state index is 13.6. The van der Waals surface area contributed by atoms with E-state index in [2.05, 4.69) is 9.97 Å². The average molecular weight is 486 g/mol. The minimum absolute atomic E-state index is 0.0398. The van der Waals surface area contributed by atoms with E-state index in [0.717, 1.165) is 21.6 Å². The summed E-state index contributed by atoms with van der Waals surface area (Å²) in [5, 5.41) is 0. The van der Waals surface area contributed by atoms with E-state index in [1.54, 1.807) is 12.3 Å². The maximum absolute atomic E-state index is 13.6. The van der Waals surface area contributed by atoms with Crippen molar-refractivity contribution < 1.29 is 17.9 Å². The third-order valence-electron chi connectivity index (χ3n) is 8.08. The predicted molar refractivity (Wildman–Crippen MR) is 120 cm³/mol. The van der Waals surface area contributed by atoms with Crippen LogP contribution in [-0.2, 0) is 10.2 Å². The zero-order chi connectivity index (χ0) is 24.8. The van der Waals surface area contributed by atoms with Gasteiger partial charge in [0, 0.05) is 30.2 Å². The highest BCUT2D eigenvalue weighted by molar-refractivity contribution is 5.75. The van der Waals surface area contributed by atoms with Crippen molar-refractivity contribution in [3.63, 3.8) is 0 Å². The van der Waals surface area contributed by atoms with Crippen LogP contribution in [-0.4, -0.2) is 37.4 Å². The quantitative estimate of drug-likeness (QED) is 0.564. The Bertz CT molecular complexity index is 1400. The van der Waals surface area contributed by atoms with E-state index in [1.165, 1.54) is 6.07 Å². The SMILES string of the molecule is Cc1nc2nc([C@H]3CCO[C@@H](c4ccc(=O)n(N)c4)C3)nc(C34CC(C(F)(F)F)(C3)C4)c2nc1C. The number of rotatable bonds is 3. The molecule has 7 rings (SSSR count). The summed E-state index contributed by atoms with van der Waals surface area (Å²) in [6, 6.07) is 3.09. The highest BCUT2D eigenvalue weighted by atomic mass is 19.4. The number of nitrogen functional groups attached to an aromatic ring is 1. The topological polar surface area (TPSA) is 109 Å². The lowest BCUT2D eigenvalue weighted by Gasteiger charge is -2.70. The second-order valence-corrected chi connectivity index (χ2v) is 10.4. The van der Waals surface area contributed by atoms with Crippen molar-refractivity contribution in [2.45, 2.75) is 69.6 Å². The normalized spacial score (nSPS) is 30.1. The molecule has 0 radical (unpaired) electrons. The molecule has 1 aliphatic heterocycles. The van der Waals surface area contributed by atoms with E-state index in [4.69, 9.17) is 20.5 Å². The smallest absolute Gasteiger partial charge is 0.373 e. The molecule has 1 saturated heterocycles. The van der Waals surface area contributed by atoms with Crippen molar-refractivity contribution in [2.75, 3.05) is 12.4 Å². The van der Waals surface area contributed by atoms with Gasteiger partial charge >= 0.3 is 6.18 Å². The number of aromatic nitrogens is 5. The van der Waals surface area contributed by atoms with Crippen molar-refractivity contribution in [1.82, 2.24) is 24.6 Å². The van der Waals surface area contributed by atoms with Crippen LogP contribution in [0.4, 0.5) is 13.2 Å². The first-order chi connectivity index (χ1) is 16.5. The Kier molecular flexibility index (Phi) is 4.62. The molecule has 184 valence electrons. The minimum Gasteiger partial charge on any atom is -0.373 e. The first-order valence-electron chi connectivity index (χ1n) is 11.7. The van der Waals surface area contributed by atoms with Crippen LogP contribution in [0.3, 0.4) is 0 Å². The number of alkyl halides is 3. The molecule has 3 aromatic rings. The average Bonchev–Trinajstić information content (AvgIpc) is 2.74. The molecule has 3 saturated carbocycles. The lowest BCUT2D eigenvalue weighted by molar-refractivity contribution is -0.337. The highest BCUT2D eigenvalue weighted by Gasteiger charge is 2.79. The fourth-order valence-corrected chi connectivity index (χ4v) is 6.00. The largest absolute Gasteiger partial charge is 0.394 e. The molecule has 4 fully saturated rings. The molecule has 3 aromatic heterocycles. The number of fused-ring (bicyclic) bond motifs is 1. The molecule has 35 heavy (non-hydrogen) atoms. The summed E-state index contributed by atoms with van der Waals surface area (Å²) in [6.07, 6.45) is -1.61. The lowest BCUT2D eigenvalue weighted by atomic mass is 9.34. The minimum atomic E-state index is -4.20. The number of nitrogens with zero attached hydrogens (tertiary/aromatic N) is 5. The van der Waals surface area contributed by atoms with E-state index < -0.39 is 17.0 Å². The zero-order valence-corrected chi connectivity index (χ0v) is 19.4. The summed E-state index contributed by atoms with van der Waals surface area (Å²) in [6.45, 7) is 4.13. The molecule has 8 nitrogen and oxygen atoms in total. The van der Waals surface area contributed by atoms with Crippen LogP contribution >= 0.6 is 0 Å². The Hall–Kier alpha value is -3.08. The van der Waals surface area contributed by atoms with Gasteiger partial charge in [-0.1, -0.05) is 0 Å². The van der Waals surface area contributed by atoms with Gasteiger partial charge in [-0.25, -0.2) is 24.6 Å². The Labute approximate surface area is 198 Å². The molecule has 4 aliphatic rings. The van der Waals surface area contributed by atoms with E-state index in [9.17, 15) is 18.0 Å². The summed E-state index contributed by atoms with van der Waals surface area (Å²) in [4.78, 5) is 30.6. The van der Waals surface area contributed by atoms with Crippen LogP contribution in [0.25, 0.3) is 11.2 Å². The number of aryl methyl sites for hydroxylation is 2. The number of pyridine rings is 1. The van der Waals surface area contributed by atoms with Gasteiger partial charge in [0.05, 0.1) is 28.6 Å². The monoisotopic (exact) mass is 486 g/mol. The Morgan fingerprint density at radius 2 is 1.80 bits per heavy atom. The fraction of sp³-hybridized carbons (Fsp3) is 0.542. The Balaban J connectivity index is 1.38. The molecule has 11 heteroatoms. The molecular weight excluding hydrogens is 461 g/mol. The number of nitrogens with two attached hydrogens (primary N) is 1. The van der Waals surface area contributed by atoms with Crippen molar-refractivity contribution in [3.05, 3.63) is 57.2 Å². The maximum Gasteiger partial charge on any atom is 0.394 e. The van der Waals surface area contributed by atoms with E-state index in [0.29, 0.717) is 42.1 Å². The molecule has 0 amide bonds. The van der Waals surface area contributed by atoms with Crippen LogP contribution in [0, 0.1) is 19.3 Å². The van der Waals surface area contributed by atoms with Gasteiger partial charge in [0.2, 0.25) is 0 Å². The first-order valence-corrected chi connectivity index (χ1v) is 11.7. The van der Waals surface area contributed by atoms with Crippen LogP contribution in [0.5, 0.6) is 0 Å². The predicted octanol–water partition coefficient (Wildman–Crippen LogP) is 3.53. The van der Waals surface area contributed by atoms with Gasteiger partial charge in [-0.15, -0.1) is 0 Å². The zero-order valence-electron chi connectivity index (χ0n) is 19.4. The first kappa shape index (κ1) is 22.4. The summed E-state index contributed by atoms with van der Waals surface area (Å²) in [7, 11) is 0. The molecule has 0 unspecified atom stereocenters. The van der Waals surface area contributed by atoms with Gasteiger partial charge in [-0.3, -0.25) is 4.79 Å². The van der Waals surface area contributed by atoms with E-state index in [-0.39, 0.29) is 36.8 Å². The van der Waals surface area contributed by atoms with Crippen molar-refractivity contribution in [2.24, 2.45) is 5.41 Å². The summed E-state index contributed by atoms with van der Waals surface area (Å²) in [5.74, 6) is 6.20. The van der Waals surface area contributed by atoms with Gasteiger partial charge in [0.1, 0.15) is 11.3 Å². The highest BCUT2D eigenvalue weighted by Crippen LogP contribution is 2.78. The van der Waals surface area contributed by atoms with Crippen LogP contribution < -0.4 is 11.4 Å². The summed E-state index contributed by atoms with van der Waals surface area (Å²) in [5.41, 5.74) is 1.22. The van der Waals surface area contributed by atoms with Gasteiger partial charge < -0.3 is 10.6 Å². The molecule has 2 atom stereocenters. The molecule has 0 aromatic carbocycles. The standard InChI is InChI=1S/C24H25F3N6O2/c1-12-13(2)30-21-18(29-12)19(22-9-23(10-22,11-22)24(25,26)27)31-20(32-21)14-5-6-35-16(7-14)15-3-4-17(34)33(28)8-15/h3-4,8,14,16H,5-7,9-11,28H2,1-2H3/t14-,16+,22?,23?/m0/s1. The second kappa shape index (κ2) is 7.22. The lowest BCUT2D eigenvalue weighted by Crippen LogP contribution is -2.70. The van der Waals surface area contributed by atoms with Gasteiger partial charge in [0.25, 0.3) is 5.56 Å². The molecule has 2 bridgehead atoms. The molecule has 0 spiro atoms. The number of hydrogen-bond acceptors (Lipinski definition) is 7. The third-order valence-corrected chi connectivity index (χ3v) is 8.08.